The maximum atomic E-state index is 10.2. The number of piperazine rings is 1. The smallest absolute Gasteiger partial charge is 0.0969 e. The van der Waals surface area contributed by atoms with E-state index in [1.54, 1.807) is 7.11 Å². The van der Waals surface area contributed by atoms with E-state index in [2.05, 4.69) is 75.4 Å². The Kier molecular flexibility index (Phi) is 8.01. The summed E-state index contributed by atoms with van der Waals surface area (Å²) in [5.41, 5.74) is 6.33. The topological polar surface area (TPSA) is 62.6 Å². The molecule has 35 heavy (non-hydrogen) atoms. The molecule has 3 aromatic rings. The lowest BCUT2D eigenvalue weighted by Crippen LogP contribution is -2.43. The zero-order chi connectivity index (χ0) is 25.2. The quantitative estimate of drug-likeness (QED) is 0.359. The first-order valence-corrected chi connectivity index (χ1v) is 13.1. The minimum absolute atomic E-state index is 0.106. The van der Waals surface area contributed by atoms with Crippen molar-refractivity contribution in [3.8, 4) is 11.3 Å². The molecule has 0 spiro atoms. The van der Waals surface area contributed by atoms with Crippen LogP contribution in [-0.2, 0) is 17.7 Å². The Morgan fingerprint density at radius 1 is 1.29 bits per heavy atom. The predicted octanol–water partition coefficient (Wildman–Crippen LogP) is 5.33. The summed E-state index contributed by atoms with van der Waals surface area (Å²) in [6.45, 7) is 14.9. The number of methoxy groups -OCH3 is 1. The molecule has 1 aromatic carbocycles. The molecule has 1 aliphatic heterocycles. The molecule has 1 atom stereocenters. The van der Waals surface area contributed by atoms with Crippen molar-refractivity contribution >= 4 is 32.5 Å². The highest BCUT2D eigenvalue weighted by molar-refractivity contribution is 9.10. The molecular formula is C28H37BrN4O2. The lowest BCUT2D eigenvalue weighted by molar-refractivity contribution is 0.116. The number of nitrogens with one attached hydrogen (secondary N) is 1. The summed E-state index contributed by atoms with van der Waals surface area (Å²) in [5, 5.41) is 14.8. The molecule has 0 bridgehead atoms. The van der Waals surface area contributed by atoms with Gasteiger partial charge in [0.15, 0.2) is 0 Å². The maximum absolute atomic E-state index is 10.2. The number of hydrogen-bond donors (Lipinski definition) is 2. The van der Waals surface area contributed by atoms with Gasteiger partial charge >= 0.3 is 0 Å². The van der Waals surface area contributed by atoms with Gasteiger partial charge in [0.25, 0.3) is 0 Å². The van der Waals surface area contributed by atoms with Crippen LogP contribution in [0.5, 0.6) is 0 Å². The third-order valence-corrected chi connectivity index (χ3v) is 7.40. The Balaban J connectivity index is 2.04. The summed E-state index contributed by atoms with van der Waals surface area (Å²) in [5.74, 6) is 0. The Morgan fingerprint density at radius 2 is 2.03 bits per heavy atom. The zero-order valence-electron chi connectivity index (χ0n) is 21.3. The van der Waals surface area contributed by atoms with Crippen molar-refractivity contribution in [1.82, 2.24) is 14.9 Å². The van der Waals surface area contributed by atoms with Gasteiger partial charge in [-0.3, -0.25) is 4.98 Å². The molecular weight excluding hydrogens is 504 g/mol. The van der Waals surface area contributed by atoms with Crippen molar-refractivity contribution in [3.05, 3.63) is 58.8 Å². The van der Waals surface area contributed by atoms with E-state index < -0.39 is 0 Å². The summed E-state index contributed by atoms with van der Waals surface area (Å²) in [6.07, 6.45) is 4.49. The van der Waals surface area contributed by atoms with Crippen molar-refractivity contribution < 1.29 is 9.84 Å². The molecule has 4 rings (SSSR count). The van der Waals surface area contributed by atoms with Gasteiger partial charge in [-0.15, -0.1) is 6.58 Å². The van der Waals surface area contributed by atoms with E-state index in [9.17, 15) is 5.11 Å². The fraction of sp³-hybridized carbons (Fsp3) is 0.464. The Labute approximate surface area is 217 Å². The first-order valence-electron chi connectivity index (χ1n) is 12.3. The van der Waals surface area contributed by atoms with Crippen molar-refractivity contribution in [2.45, 2.75) is 39.8 Å². The summed E-state index contributed by atoms with van der Waals surface area (Å²) in [6, 6.07) is 8.71. The molecule has 0 amide bonds. The molecule has 0 aliphatic carbocycles. The van der Waals surface area contributed by atoms with Crippen molar-refractivity contribution in [2.75, 3.05) is 44.8 Å². The van der Waals surface area contributed by atoms with E-state index in [0.717, 1.165) is 65.2 Å². The minimum atomic E-state index is -0.277. The molecule has 0 radical (unpaired) electrons. The van der Waals surface area contributed by atoms with Crippen LogP contribution in [0, 0.1) is 5.41 Å². The fourth-order valence-electron chi connectivity index (χ4n) is 4.92. The van der Waals surface area contributed by atoms with E-state index in [-0.39, 0.29) is 18.1 Å². The number of aliphatic hydroxyl groups excluding tert-OH is 1. The largest absolute Gasteiger partial charge is 0.396 e. The third-order valence-electron chi connectivity index (χ3n) is 6.91. The second-order valence-electron chi connectivity index (χ2n) is 10.1. The number of anilines is 1. The van der Waals surface area contributed by atoms with E-state index in [0.29, 0.717) is 6.54 Å². The average molecular weight is 542 g/mol. The molecule has 2 aromatic heterocycles. The van der Waals surface area contributed by atoms with Gasteiger partial charge in [-0.05, 0) is 48.6 Å². The van der Waals surface area contributed by atoms with E-state index in [1.165, 1.54) is 10.9 Å². The van der Waals surface area contributed by atoms with Crippen LogP contribution in [0.25, 0.3) is 22.2 Å². The number of allylic oxidation sites excluding steroid dienone is 1. The molecule has 1 saturated heterocycles. The number of halogens is 1. The molecule has 3 heterocycles. The van der Waals surface area contributed by atoms with Gasteiger partial charge in [0.05, 0.1) is 29.4 Å². The third kappa shape index (κ3) is 5.33. The minimum Gasteiger partial charge on any atom is -0.396 e. The van der Waals surface area contributed by atoms with Gasteiger partial charge in [0.1, 0.15) is 0 Å². The van der Waals surface area contributed by atoms with Crippen LogP contribution >= 0.6 is 15.9 Å². The summed E-state index contributed by atoms with van der Waals surface area (Å²) < 4.78 is 9.15. The number of hydrogen-bond acceptors (Lipinski definition) is 5. The summed E-state index contributed by atoms with van der Waals surface area (Å²) in [7, 11) is 1.73. The zero-order valence-corrected chi connectivity index (χ0v) is 22.9. The number of benzene rings is 1. The van der Waals surface area contributed by atoms with Crippen molar-refractivity contribution in [1.29, 1.82) is 0 Å². The highest BCUT2D eigenvalue weighted by Crippen LogP contribution is 2.42. The Bertz CT molecular complexity index is 1200. The number of aliphatic hydroxyl groups is 1. The Hall–Kier alpha value is -2.19. The number of rotatable bonds is 9. The normalized spacial score (nSPS) is 15.5. The van der Waals surface area contributed by atoms with Crippen LogP contribution in [0.1, 0.15) is 38.1 Å². The molecule has 2 N–H and O–H groups in total. The molecule has 7 heteroatoms. The van der Waals surface area contributed by atoms with Crippen LogP contribution in [0.15, 0.2) is 47.6 Å². The number of aromatic nitrogens is 2. The highest BCUT2D eigenvalue weighted by atomic mass is 79.9. The van der Waals surface area contributed by atoms with Gasteiger partial charge < -0.3 is 24.6 Å². The summed E-state index contributed by atoms with van der Waals surface area (Å²) in [4.78, 5) is 7.35. The van der Waals surface area contributed by atoms with Crippen LogP contribution in [0.2, 0.25) is 0 Å². The SMILES string of the molecule is C=CCn1c(-c2cc(N3CCNCC3)cnc2[C@H](C)OC)c(CC(C)(C)CO)c2cc(Br)ccc21. The van der Waals surface area contributed by atoms with Gasteiger partial charge in [-0.25, -0.2) is 0 Å². The molecule has 1 fully saturated rings. The number of pyridine rings is 1. The molecule has 1 aliphatic rings. The van der Waals surface area contributed by atoms with Gasteiger partial charge in [0, 0.05) is 67.4 Å². The first kappa shape index (κ1) is 25.9. The first-order chi connectivity index (χ1) is 16.8. The van der Waals surface area contributed by atoms with Crippen LogP contribution in [-0.4, -0.2) is 54.6 Å². The van der Waals surface area contributed by atoms with E-state index in [1.807, 2.05) is 19.2 Å². The second kappa shape index (κ2) is 10.8. The number of nitrogens with zero attached hydrogens (tertiary/aromatic N) is 3. The average Bonchev–Trinajstić information content (AvgIpc) is 3.15. The lowest BCUT2D eigenvalue weighted by atomic mass is 9.84. The summed E-state index contributed by atoms with van der Waals surface area (Å²) >= 11 is 3.68. The second-order valence-corrected chi connectivity index (χ2v) is 11.0. The number of fused-ring (bicyclic) bond motifs is 1. The lowest BCUT2D eigenvalue weighted by Gasteiger charge is -2.30. The van der Waals surface area contributed by atoms with E-state index in [4.69, 9.17) is 9.72 Å². The van der Waals surface area contributed by atoms with Crippen LogP contribution in [0.3, 0.4) is 0 Å². The molecule has 6 nitrogen and oxygen atoms in total. The van der Waals surface area contributed by atoms with Gasteiger partial charge in [0.2, 0.25) is 0 Å². The standard InChI is InChI=1S/C28H37BrN4O2/c1-6-11-33-25-8-7-20(29)14-22(25)24(16-28(3,4)18-34)27(33)23-15-21(32-12-9-30-10-13-32)17-31-26(23)19(2)35-5/h6-8,14-15,17,19,30,34H,1,9-13,16,18H2,2-5H3/t19-/m0/s1. The maximum Gasteiger partial charge on any atom is 0.0969 e. The highest BCUT2D eigenvalue weighted by Gasteiger charge is 2.28. The fourth-order valence-corrected chi connectivity index (χ4v) is 5.28. The molecule has 0 unspecified atom stereocenters. The monoisotopic (exact) mass is 540 g/mol. The predicted molar refractivity (Wildman–Crippen MR) is 148 cm³/mol. The van der Waals surface area contributed by atoms with Crippen molar-refractivity contribution in [3.63, 3.8) is 0 Å². The molecule has 188 valence electrons. The van der Waals surface area contributed by atoms with Gasteiger partial charge in [-0.2, -0.15) is 0 Å². The van der Waals surface area contributed by atoms with Gasteiger partial charge in [-0.1, -0.05) is 35.9 Å². The van der Waals surface area contributed by atoms with Crippen LogP contribution < -0.4 is 10.2 Å². The Morgan fingerprint density at radius 3 is 2.69 bits per heavy atom. The molecule has 0 saturated carbocycles. The van der Waals surface area contributed by atoms with Crippen molar-refractivity contribution in [2.24, 2.45) is 5.41 Å². The van der Waals surface area contributed by atoms with Crippen LogP contribution in [0.4, 0.5) is 5.69 Å². The van der Waals surface area contributed by atoms with E-state index >= 15 is 0 Å². The number of ether oxygens (including phenoxy) is 1.